The van der Waals surface area contributed by atoms with Crippen molar-refractivity contribution in [1.29, 1.82) is 0 Å². The van der Waals surface area contributed by atoms with E-state index in [1.54, 1.807) is 0 Å². The van der Waals surface area contributed by atoms with Crippen LogP contribution < -0.4 is 5.32 Å². The van der Waals surface area contributed by atoms with Crippen LogP contribution >= 0.6 is 0 Å². The molecule has 1 aliphatic rings. The fourth-order valence-corrected chi connectivity index (χ4v) is 2.50. The van der Waals surface area contributed by atoms with Crippen LogP contribution in [0, 0.1) is 0 Å². The number of fused-ring (bicyclic) bond motifs is 1. The highest BCUT2D eigenvalue weighted by molar-refractivity contribution is 5.82. The molecule has 1 saturated carbocycles. The highest BCUT2D eigenvalue weighted by Crippen LogP contribution is 2.29. The minimum absolute atomic E-state index is 0.439. The Morgan fingerprint density at radius 1 is 1.30 bits per heavy atom. The van der Waals surface area contributed by atoms with E-state index >= 15 is 0 Å². The first-order valence-electron chi connectivity index (χ1n) is 7.58. The zero-order valence-corrected chi connectivity index (χ0v) is 12.3. The lowest BCUT2D eigenvalue weighted by Gasteiger charge is -2.25. The molecule has 0 saturated heterocycles. The minimum atomic E-state index is 0.439. The van der Waals surface area contributed by atoms with Gasteiger partial charge in [-0.15, -0.1) is 0 Å². The number of para-hydroxylation sites is 1. The quantitative estimate of drug-likeness (QED) is 0.864. The number of hydrogen-bond donors (Lipinski definition) is 1. The highest BCUT2D eigenvalue weighted by atomic mass is 16.5. The fraction of sp³-hybridized carbons (Fsp3) is 0.529. The van der Waals surface area contributed by atoms with E-state index in [0.29, 0.717) is 18.8 Å². The number of hydrogen-bond acceptors (Lipinski definition) is 3. The topological polar surface area (TPSA) is 34.4 Å². The highest BCUT2D eigenvalue weighted by Gasteiger charge is 2.20. The molecule has 108 valence electrons. The van der Waals surface area contributed by atoms with Gasteiger partial charge < -0.3 is 14.5 Å². The summed E-state index contributed by atoms with van der Waals surface area (Å²) >= 11 is 0. The number of ether oxygens (including phenoxy) is 1. The third-order valence-electron chi connectivity index (χ3n) is 3.97. The summed E-state index contributed by atoms with van der Waals surface area (Å²) in [5.74, 6) is 0.978. The molecule has 20 heavy (non-hydrogen) atoms. The maximum Gasteiger partial charge on any atom is 0.135 e. The fourth-order valence-electron chi connectivity index (χ4n) is 2.50. The SMILES string of the molecule is CC(C)NCc1c(COC2CCC2)oc2ccccc12. The maximum absolute atomic E-state index is 5.99. The summed E-state index contributed by atoms with van der Waals surface area (Å²) in [6.45, 7) is 5.74. The lowest BCUT2D eigenvalue weighted by molar-refractivity contribution is -0.0156. The van der Waals surface area contributed by atoms with Crippen LogP contribution in [0.3, 0.4) is 0 Å². The van der Waals surface area contributed by atoms with Crippen LogP contribution in [-0.2, 0) is 17.9 Å². The molecule has 3 nitrogen and oxygen atoms in total. The van der Waals surface area contributed by atoms with E-state index < -0.39 is 0 Å². The minimum Gasteiger partial charge on any atom is -0.458 e. The van der Waals surface area contributed by atoms with Crippen molar-refractivity contribution in [1.82, 2.24) is 5.32 Å². The van der Waals surface area contributed by atoms with Crippen LogP contribution in [-0.4, -0.2) is 12.1 Å². The van der Waals surface area contributed by atoms with Gasteiger partial charge in [-0.2, -0.15) is 0 Å². The van der Waals surface area contributed by atoms with Crippen molar-refractivity contribution in [3.05, 3.63) is 35.6 Å². The zero-order chi connectivity index (χ0) is 13.9. The molecule has 0 radical (unpaired) electrons. The van der Waals surface area contributed by atoms with E-state index in [-0.39, 0.29) is 0 Å². The summed E-state index contributed by atoms with van der Waals surface area (Å²) in [5, 5.41) is 4.68. The van der Waals surface area contributed by atoms with Gasteiger partial charge in [0.25, 0.3) is 0 Å². The second kappa shape index (κ2) is 5.98. The van der Waals surface area contributed by atoms with Gasteiger partial charge in [-0.05, 0) is 25.3 Å². The Kier molecular flexibility index (Phi) is 4.08. The van der Waals surface area contributed by atoms with Crippen LogP contribution in [0.4, 0.5) is 0 Å². The molecule has 0 spiro atoms. The van der Waals surface area contributed by atoms with Crippen LogP contribution in [0.2, 0.25) is 0 Å². The third kappa shape index (κ3) is 2.89. The molecule has 1 fully saturated rings. The number of rotatable bonds is 6. The second-order valence-electron chi connectivity index (χ2n) is 5.90. The first kappa shape index (κ1) is 13.7. The molecular formula is C17H23NO2. The van der Waals surface area contributed by atoms with Gasteiger partial charge in [-0.3, -0.25) is 0 Å². The van der Waals surface area contributed by atoms with Crippen molar-refractivity contribution in [3.8, 4) is 0 Å². The molecule has 1 aliphatic carbocycles. The number of benzene rings is 1. The van der Waals surface area contributed by atoms with Gasteiger partial charge in [0.1, 0.15) is 18.0 Å². The van der Waals surface area contributed by atoms with Crippen LogP contribution in [0.5, 0.6) is 0 Å². The van der Waals surface area contributed by atoms with Crippen molar-refractivity contribution in [3.63, 3.8) is 0 Å². The van der Waals surface area contributed by atoms with Crippen LogP contribution in [0.15, 0.2) is 28.7 Å². The van der Waals surface area contributed by atoms with Gasteiger partial charge in [-0.1, -0.05) is 32.0 Å². The molecule has 1 aromatic heterocycles. The molecule has 3 rings (SSSR count). The van der Waals surface area contributed by atoms with E-state index in [2.05, 4.69) is 31.3 Å². The smallest absolute Gasteiger partial charge is 0.135 e. The summed E-state index contributed by atoms with van der Waals surface area (Å²) in [6.07, 6.45) is 4.13. The third-order valence-corrected chi connectivity index (χ3v) is 3.97. The molecule has 1 heterocycles. The van der Waals surface area contributed by atoms with Crippen LogP contribution in [0.25, 0.3) is 11.0 Å². The van der Waals surface area contributed by atoms with Gasteiger partial charge in [0.2, 0.25) is 0 Å². The first-order chi connectivity index (χ1) is 9.74. The number of furan rings is 1. The Balaban J connectivity index is 1.81. The van der Waals surface area contributed by atoms with E-state index in [1.165, 1.54) is 30.2 Å². The average molecular weight is 273 g/mol. The van der Waals surface area contributed by atoms with Gasteiger partial charge >= 0.3 is 0 Å². The Morgan fingerprint density at radius 2 is 2.10 bits per heavy atom. The summed E-state index contributed by atoms with van der Waals surface area (Å²) in [7, 11) is 0. The van der Waals surface area contributed by atoms with E-state index in [1.807, 2.05) is 12.1 Å². The Hall–Kier alpha value is -1.32. The number of nitrogens with one attached hydrogen (secondary N) is 1. The molecule has 1 N–H and O–H groups in total. The van der Waals surface area contributed by atoms with Crippen molar-refractivity contribution in [2.75, 3.05) is 0 Å². The molecular weight excluding hydrogens is 250 g/mol. The Labute approximate surface area is 120 Å². The lowest BCUT2D eigenvalue weighted by Crippen LogP contribution is -2.23. The molecule has 3 heteroatoms. The average Bonchev–Trinajstić information content (AvgIpc) is 2.72. The van der Waals surface area contributed by atoms with E-state index in [9.17, 15) is 0 Å². The predicted molar refractivity (Wildman–Crippen MR) is 80.6 cm³/mol. The monoisotopic (exact) mass is 273 g/mol. The van der Waals surface area contributed by atoms with E-state index in [4.69, 9.17) is 9.15 Å². The van der Waals surface area contributed by atoms with Gasteiger partial charge in [0, 0.05) is 23.5 Å². The first-order valence-corrected chi connectivity index (χ1v) is 7.58. The van der Waals surface area contributed by atoms with Crippen molar-refractivity contribution in [2.45, 2.75) is 58.4 Å². The molecule has 0 atom stereocenters. The van der Waals surface area contributed by atoms with Crippen LogP contribution in [0.1, 0.15) is 44.4 Å². The normalized spacial score (nSPS) is 15.9. The summed E-state index contributed by atoms with van der Waals surface area (Å²) < 4.78 is 11.9. The molecule has 0 bridgehead atoms. The Bertz CT molecular complexity index is 569. The summed E-state index contributed by atoms with van der Waals surface area (Å²) in [5.41, 5.74) is 2.20. The second-order valence-corrected chi connectivity index (χ2v) is 5.90. The standard InChI is InChI=1S/C17H23NO2/c1-12(2)18-10-15-14-8-3-4-9-16(14)20-17(15)11-19-13-6-5-7-13/h3-4,8-9,12-13,18H,5-7,10-11H2,1-2H3. The summed E-state index contributed by atoms with van der Waals surface area (Å²) in [6, 6.07) is 8.70. The van der Waals surface area contributed by atoms with Gasteiger partial charge in [0.05, 0.1) is 6.10 Å². The molecule has 2 aromatic rings. The van der Waals surface area contributed by atoms with Crippen molar-refractivity contribution < 1.29 is 9.15 Å². The van der Waals surface area contributed by atoms with E-state index in [0.717, 1.165) is 17.9 Å². The van der Waals surface area contributed by atoms with Gasteiger partial charge in [-0.25, -0.2) is 0 Å². The molecule has 0 amide bonds. The van der Waals surface area contributed by atoms with Gasteiger partial charge in [0.15, 0.2) is 0 Å². The molecule has 0 unspecified atom stereocenters. The largest absolute Gasteiger partial charge is 0.458 e. The zero-order valence-electron chi connectivity index (χ0n) is 12.3. The maximum atomic E-state index is 5.99. The van der Waals surface area contributed by atoms with Crippen molar-refractivity contribution in [2.24, 2.45) is 0 Å². The van der Waals surface area contributed by atoms with Crippen molar-refractivity contribution >= 4 is 11.0 Å². The molecule has 1 aromatic carbocycles. The Morgan fingerprint density at radius 3 is 2.80 bits per heavy atom. The predicted octanol–water partition coefficient (Wildman–Crippen LogP) is 4.00. The summed E-state index contributed by atoms with van der Waals surface area (Å²) in [4.78, 5) is 0. The lowest BCUT2D eigenvalue weighted by atomic mass is 9.96. The molecule has 0 aliphatic heterocycles.